The normalized spacial score (nSPS) is 31.1. The average Bonchev–Trinajstić information content (AvgIpc) is 3.03. The van der Waals surface area contributed by atoms with Crippen LogP contribution in [0.1, 0.15) is 51.4 Å². The van der Waals surface area contributed by atoms with Gasteiger partial charge in [0.25, 0.3) is 0 Å². The van der Waals surface area contributed by atoms with Gasteiger partial charge in [-0.25, -0.2) is 0 Å². The highest BCUT2D eigenvalue weighted by Crippen LogP contribution is 2.46. The molecule has 18 heavy (non-hydrogen) atoms. The Labute approximate surface area is 110 Å². The molecule has 2 aliphatic heterocycles. The monoisotopic (exact) mass is 250 g/mol. The van der Waals surface area contributed by atoms with Crippen LogP contribution in [0, 0.1) is 11.3 Å². The maximum absolute atomic E-state index is 12.3. The lowest BCUT2D eigenvalue weighted by Gasteiger charge is -2.39. The molecule has 1 aliphatic carbocycles. The van der Waals surface area contributed by atoms with Gasteiger partial charge in [-0.1, -0.05) is 12.8 Å². The minimum absolute atomic E-state index is 0.413. The van der Waals surface area contributed by atoms with E-state index < -0.39 is 0 Å². The van der Waals surface area contributed by atoms with Crippen LogP contribution < -0.4 is 5.32 Å². The number of nitrogens with one attached hydrogen (secondary N) is 1. The Hall–Kier alpha value is -0.570. The van der Waals surface area contributed by atoms with Gasteiger partial charge in [0.15, 0.2) is 0 Å². The van der Waals surface area contributed by atoms with Crippen molar-refractivity contribution < 1.29 is 4.79 Å². The van der Waals surface area contributed by atoms with Crippen LogP contribution in [0.15, 0.2) is 0 Å². The summed E-state index contributed by atoms with van der Waals surface area (Å²) in [7, 11) is 0. The second-order valence-electron chi connectivity index (χ2n) is 6.65. The Bertz CT molecular complexity index is 294. The second kappa shape index (κ2) is 5.20. The fourth-order valence-corrected chi connectivity index (χ4v) is 4.12. The SMILES string of the molecule is O=C(CC1CCNC1)N1CCC2(CCCC2)CC1. The van der Waals surface area contributed by atoms with Crippen molar-refractivity contribution in [2.24, 2.45) is 11.3 Å². The largest absolute Gasteiger partial charge is 0.343 e. The first-order valence-corrected chi connectivity index (χ1v) is 7.76. The van der Waals surface area contributed by atoms with E-state index in [4.69, 9.17) is 0 Å². The minimum Gasteiger partial charge on any atom is -0.343 e. The van der Waals surface area contributed by atoms with E-state index >= 15 is 0 Å². The van der Waals surface area contributed by atoms with E-state index in [1.54, 1.807) is 0 Å². The molecule has 0 aromatic heterocycles. The maximum Gasteiger partial charge on any atom is 0.222 e. The van der Waals surface area contributed by atoms with Crippen LogP contribution in [0.4, 0.5) is 0 Å². The van der Waals surface area contributed by atoms with Gasteiger partial charge in [-0.05, 0) is 56.5 Å². The number of hydrogen-bond donors (Lipinski definition) is 1. The van der Waals surface area contributed by atoms with E-state index in [-0.39, 0.29) is 0 Å². The summed E-state index contributed by atoms with van der Waals surface area (Å²) in [6.07, 6.45) is 10.2. The zero-order valence-corrected chi connectivity index (χ0v) is 11.4. The van der Waals surface area contributed by atoms with E-state index in [1.807, 2.05) is 0 Å². The lowest BCUT2D eigenvalue weighted by molar-refractivity contribution is -0.134. The Balaban J connectivity index is 1.48. The van der Waals surface area contributed by atoms with Gasteiger partial charge in [-0.15, -0.1) is 0 Å². The molecule has 0 aromatic carbocycles. The van der Waals surface area contributed by atoms with Crippen molar-refractivity contribution in [3.63, 3.8) is 0 Å². The Morgan fingerprint density at radius 1 is 1.17 bits per heavy atom. The van der Waals surface area contributed by atoms with E-state index in [0.29, 0.717) is 17.2 Å². The van der Waals surface area contributed by atoms with Gasteiger partial charge >= 0.3 is 0 Å². The molecular weight excluding hydrogens is 224 g/mol. The molecule has 2 heterocycles. The molecule has 1 amide bonds. The number of nitrogens with zero attached hydrogens (tertiary/aromatic N) is 1. The van der Waals surface area contributed by atoms with Gasteiger partial charge < -0.3 is 10.2 Å². The predicted octanol–water partition coefficient (Wildman–Crippen LogP) is 2.17. The summed E-state index contributed by atoms with van der Waals surface area (Å²) >= 11 is 0. The van der Waals surface area contributed by atoms with Crippen molar-refractivity contribution in [1.82, 2.24) is 10.2 Å². The average molecular weight is 250 g/mol. The molecular formula is C15H26N2O. The van der Waals surface area contributed by atoms with Crippen molar-refractivity contribution in [3.8, 4) is 0 Å². The number of piperidine rings is 1. The third kappa shape index (κ3) is 2.56. The number of carbonyl (C=O) groups excluding carboxylic acids is 1. The zero-order chi connectivity index (χ0) is 12.4. The van der Waals surface area contributed by atoms with Crippen molar-refractivity contribution in [2.75, 3.05) is 26.2 Å². The molecule has 2 saturated heterocycles. The highest BCUT2D eigenvalue weighted by atomic mass is 16.2. The molecule has 3 fully saturated rings. The minimum atomic E-state index is 0.413. The summed E-state index contributed by atoms with van der Waals surface area (Å²) in [6.45, 7) is 4.20. The topological polar surface area (TPSA) is 32.3 Å². The Morgan fingerprint density at radius 2 is 1.89 bits per heavy atom. The highest BCUT2D eigenvalue weighted by Gasteiger charge is 2.38. The van der Waals surface area contributed by atoms with Gasteiger partial charge in [-0.2, -0.15) is 0 Å². The van der Waals surface area contributed by atoms with Gasteiger partial charge in [-0.3, -0.25) is 4.79 Å². The van der Waals surface area contributed by atoms with Crippen LogP contribution in [0.25, 0.3) is 0 Å². The van der Waals surface area contributed by atoms with Crippen molar-refractivity contribution in [2.45, 2.75) is 51.4 Å². The molecule has 1 spiro atoms. The van der Waals surface area contributed by atoms with Crippen LogP contribution in [0.3, 0.4) is 0 Å². The molecule has 3 nitrogen and oxygen atoms in total. The summed E-state index contributed by atoms with van der Waals surface area (Å²) in [4.78, 5) is 14.4. The molecule has 1 saturated carbocycles. The number of rotatable bonds is 2. The quantitative estimate of drug-likeness (QED) is 0.814. The van der Waals surface area contributed by atoms with Gasteiger partial charge in [0, 0.05) is 19.5 Å². The number of likely N-dealkylation sites (tertiary alicyclic amines) is 1. The zero-order valence-electron chi connectivity index (χ0n) is 11.4. The molecule has 0 radical (unpaired) electrons. The molecule has 1 N–H and O–H groups in total. The van der Waals surface area contributed by atoms with Crippen LogP contribution in [0.5, 0.6) is 0 Å². The van der Waals surface area contributed by atoms with E-state index in [1.165, 1.54) is 44.9 Å². The third-order valence-corrected chi connectivity index (χ3v) is 5.47. The first-order chi connectivity index (χ1) is 8.77. The summed E-state index contributed by atoms with van der Waals surface area (Å²) in [5, 5.41) is 3.35. The number of carbonyl (C=O) groups is 1. The molecule has 3 heteroatoms. The maximum atomic E-state index is 12.3. The summed E-state index contributed by atoms with van der Waals surface area (Å²) in [5.41, 5.74) is 0.631. The smallest absolute Gasteiger partial charge is 0.222 e. The standard InChI is InChI=1S/C15H26N2O/c18-14(11-13-3-8-16-12-13)17-9-6-15(7-10-17)4-1-2-5-15/h13,16H,1-12H2. The summed E-state index contributed by atoms with van der Waals surface area (Å²) in [6, 6.07) is 0. The molecule has 3 aliphatic rings. The van der Waals surface area contributed by atoms with Crippen LogP contribution in [0.2, 0.25) is 0 Å². The van der Waals surface area contributed by atoms with Gasteiger partial charge in [0.05, 0.1) is 0 Å². The number of hydrogen-bond acceptors (Lipinski definition) is 2. The third-order valence-electron chi connectivity index (χ3n) is 5.47. The summed E-state index contributed by atoms with van der Waals surface area (Å²) < 4.78 is 0. The predicted molar refractivity (Wildman–Crippen MR) is 72.3 cm³/mol. The lowest BCUT2D eigenvalue weighted by Crippen LogP contribution is -2.42. The lowest BCUT2D eigenvalue weighted by atomic mass is 9.77. The van der Waals surface area contributed by atoms with Crippen molar-refractivity contribution in [1.29, 1.82) is 0 Å². The Kier molecular flexibility index (Phi) is 3.60. The van der Waals surface area contributed by atoms with Crippen LogP contribution in [-0.4, -0.2) is 37.0 Å². The van der Waals surface area contributed by atoms with Crippen LogP contribution >= 0.6 is 0 Å². The van der Waals surface area contributed by atoms with E-state index in [0.717, 1.165) is 32.6 Å². The molecule has 1 atom stereocenters. The molecule has 0 aromatic rings. The molecule has 3 rings (SSSR count). The van der Waals surface area contributed by atoms with Gasteiger partial charge in [0.1, 0.15) is 0 Å². The molecule has 1 unspecified atom stereocenters. The first-order valence-electron chi connectivity index (χ1n) is 7.76. The summed E-state index contributed by atoms with van der Waals surface area (Å²) in [5.74, 6) is 1.01. The Morgan fingerprint density at radius 3 is 2.50 bits per heavy atom. The van der Waals surface area contributed by atoms with Crippen molar-refractivity contribution >= 4 is 5.91 Å². The number of amides is 1. The van der Waals surface area contributed by atoms with E-state index in [9.17, 15) is 4.79 Å². The first kappa shape index (κ1) is 12.5. The fourth-order valence-electron chi connectivity index (χ4n) is 4.12. The second-order valence-corrected chi connectivity index (χ2v) is 6.65. The molecule has 102 valence electrons. The highest BCUT2D eigenvalue weighted by molar-refractivity contribution is 5.76. The van der Waals surface area contributed by atoms with Crippen molar-refractivity contribution in [3.05, 3.63) is 0 Å². The molecule has 0 bridgehead atoms. The van der Waals surface area contributed by atoms with E-state index in [2.05, 4.69) is 10.2 Å². The van der Waals surface area contributed by atoms with Crippen LogP contribution in [-0.2, 0) is 4.79 Å². The fraction of sp³-hybridized carbons (Fsp3) is 0.933. The van der Waals surface area contributed by atoms with Gasteiger partial charge in [0.2, 0.25) is 5.91 Å².